The van der Waals surface area contributed by atoms with Crippen molar-refractivity contribution in [1.29, 1.82) is 0 Å². The monoisotopic (exact) mass is 252 g/mol. The second kappa shape index (κ2) is 5.96. The molecule has 0 amide bonds. The van der Waals surface area contributed by atoms with Gasteiger partial charge in [0.2, 0.25) is 0 Å². The Balaban J connectivity index is 1.93. The molecule has 1 aromatic rings. The van der Waals surface area contributed by atoms with Crippen LogP contribution in [-0.4, -0.2) is 18.1 Å². The second-order valence-corrected chi connectivity index (χ2v) is 6.37. The maximum Gasteiger partial charge on any atom is 0.0897 e. The van der Waals surface area contributed by atoms with Gasteiger partial charge >= 0.3 is 0 Å². The van der Waals surface area contributed by atoms with Crippen LogP contribution in [0, 0.1) is 18.8 Å². The summed E-state index contributed by atoms with van der Waals surface area (Å²) >= 11 is 1.77. The summed E-state index contributed by atoms with van der Waals surface area (Å²) in [6.45, 7) is 4.41. The highest BCUT2D eigenvalue weighted by Gasteiger charge is 2.29. The minimum Gasteiger partial charge on any atom is -0.316 e. The maximum absolute atomic E-state index is 4.59. The predicted octanol–water partition coefficient (Wildman–Crippen LogP) is 3.41. The molecular weight excluding hydrogens is 228 g/mol. The summed E-state index contributed by atoms with van der Waals surface area (Å²) in [5.74, 6) is 1.82. The normalized spacial score (nSPS) is 26.3. The Morgan fingerprint density at radius 1 is 1.53 bits per heavy atom. The van der Waals surface area contributed by atoms with Gasteiger partial charge in [-0.15, -0.1) is 11.3 Å². The van der Waals surface area contributed by atoms with E-state index in [1.807, 2.05) is 0 Å². The molecule has 0 aliphatic heterocycles. The fourth-order valence-corrected chi connectivity index (χ4v) is 3.71. The van der Waals surface area contributed by atoms with E-state index in [-0.39, 0.29) is 0 Å². The summed E-state index contributed by atoms with van der Waals surface area (Å²) in [4.78, 5) is 4.59. The van der Waals surface area contributed by atoms with Crippen molar-refractivity contribution in [3.8, 4) is 0 Å². The topological polar surface area (TPSA) is 24.9 Å². The number of rotatable bonds is 5. The molecule has 1 saturated carbocycles. The Labute approximate surface area is 109 Å². The SMILES string of the molecule is CCC1CCC(C(Cc2csc(C)n2)NC)C1. The lowest BCUT2D eigenvalue weighted by molar-refractivity contribution is 0.360. The molecule has 3 heteroatoms. The quantitative estimate of drug-likeness (QED) is 0.868. The van der Waals surface area contributed by atoms with E-state index in [4.69, 9.17) is 0 Å². The third kappa shape index (κ3) is 3.29. The molecule has 2 rings (SSSR count). The van der Waals surface area contributed by atoms with Crippen molar-refractivity contribution in [2.75, 3.05) is 7.05 Å². The Morgan fingerprint density at radius 2 is 2.35 bits per heavy atom. The van der Waals surface area contributed by atoms with Gasteiger partial charge in [0.05, 0.1) is 10.7 Å². The summed E-state index contributed by atoms with van der Waals surface area (Å²) in [7, 11) is 2.10. The van der Waals surface area contributed by atoms with Crippen LogP contribution in [0.25, 0.3) is 0 Å². The molecule has 2 nitrogen and oxygen atoms in total. The molecule has 0 bridgehead atoms. The van der Waals surface area contributed by atoms with Crippen LogP contribution >= 0.6 is 11.3 Å². The van der Waals surface area contributed by atoms with Crippen LogP contribution in [0.15, 0.2) is 5.38 Å². The molecule has 3 unspecified atom stereocenters. The Morgan fingerprint density at radius 3 is 2.88 bits per heavy atom. The Kier molecular flexibility index (Phi) is 4.57. The number of hydrogen-bond acceptors (Lipinski definition) is 3. The molecule has 1 aliphatic rings. The van der Waals surface area contributed by atoms with Gasteiger partial charge in [0, 0.05) is 17.8 Å². The highest BCUT2D eigenvalue weighted by molar-refractivity contribution is 7.09. The summed E-state index contributed by atoms with van der Waals surface area (Å²) in [5.41, 5.74) is 1.27. The van der Waals surface area contributed by atoms with Crippen LogP contribution < -0.4 is 5.32 Å². The van der Waals surface area contributed by atoms with Gasteiger partial charge < -0.3 is 5.32 Å². The third-order valence-electron chi connectivity index (χ3n) is 4.19. The van der Waals surface area contributed by atoms with Crippen molar-refractivity contribution in [3.63, 3.8) is 0 Å². The highest BCUT2D eigenvalue weighted by atomic mass is 32.1. The lowest BCUT2D eigenvalue weighted by atomic mass is 9.93. The first-order valence-electron chi connectivity index (χ1n) is 6.81. The average Bonchev–Trinajstić information content (AvgIpc) is 2.94. The lowest BCUT2D eigenvalue weighted by Gasteiger charge is -2.22. The number of nitrogens with one attached hydrogen (secondary N) is 1. The number of nitrogens with zero attached hydrogens (tertiary/aromatic N) is 1. The van der Waals surface area contributed by atoms with Crippen molar-refractivity contribution in [3.05, 3.63) is 16.1 Å². The van der Waals surface area contributed by atoms with Gasteiger partial charge in [-0.2, -0.15) is 0 Å². The predicted molar refractivity (Wildman–Crippen MR) is 74.5 cm³/mol. The van der Waals surface area contributed by atoms with Crippen molar-refractivity contribution in [2.45, 2.75) is 52.0 Å². The van der Waals surface area contributed by atoms with Gasteiger partial charge in [-0.25, -0.2) is 4.98 Å². The average molecular weight is 252 g/mol. The van der Waals surface area contributed by atoms with Crippen molar-refractivity contribution >= 4 is 11.3 Å². The summed E-state index contributed by atoms with van der Waals surface area (Å²) in [6, 6.07) is 0.619. The van der Waals surface area contributed by atoms with Gasteiger partial charge in [-0.3, -0.25) is 0 Å². The number of thiazole rings is 1. The van der Waals surface area contributed by atoms with Crippen molar-refractivity contribution in [1.82, 2.24) is 10.3 Å². The van der Waals surface area contributed by atoms with Crippen LogP contribution in [0.2, 0.25) is 0 Å². The van der Waals surface area contributed by atoms with Crippen LogP contribution in [0.5, 0.6) is 0 Å². The molecule has 0 radical (unpaired) electrons. The zero-order chi connectivity index (χ0) is 12.3. The Bertz CT molecular complexity index is 348. The zero-order valence-corrected chi connectivity index (χ0v) is 12.0. The summed E-state index contributed by atoms with van der Waals surface area (Å²) in [5, 5.41) is 6.91. The number of likely N-dealkylation sites (N-methyl/N-ethyl adjacent to an activating group) is 1. The molecule has 1 fully saturated rings. The van der Waals surface area contributed by atoms with E-state index in [1.54, 1.807) is 11.3 Å². The second-order valence-electron chi connectivity index (χ2n) is 5.30. The molecule has 1 N–H and O–H groups in total. The van der Waals surface area contributed by atoms with Crippen LogP contribution in [0.4, 0.5) is 0 Å². The van der Waals surface area contributed by atoms with Crippen LogP contribution in [-0.2, 0) is 6.42 Å². The molecular formula is C14H24N2S. The first-order chi connectivity index (χ1) is 8.22. The summed E-state index contributed by atoms with van der Waals surface area (Å²) < 4.78 is 0. The molecule has 3 atom stereocenters. The largest absolute Gasteiger partial charge is 0.316 e. The van der Waals surface area contributed by atoms with E-state index in [0.717, 1.165) is 18.3 Å². The van der Waals surface area contributed by atoms with Crippen LogP contribution in [0.1, 0.15) is 43.3 Å². The first-order valence-corrected chi connectivity index (χ1v) is 7.69. The van der Waals surface area contributed by atoms with Gasteiger partial charge in [-0.1, -0.05) is 19.8 Å². The number of hydrogen-bond donors (Lipinski definition) is 1. The van der Waals surface area contributed by atoms with E-state index in [2.05, 4.69) is 36.6 Å². The molecule has 0 saturated heterocycles. The van der Waals surface area contributed by atoms with E-state index in [9.17, 15) is 0 Å². The standard InChI is InChI=1S/C14H24N2S/c1-4-11-5-6-12(7-11)14(15-3)8-13-9-17-10(2)16-13/h9,11-12,14-15H,4-8H2,1-3H3. The lowest BCUT2D eigenvalue weighted by Crippen LogP contribution is -2.34. The minimum atomic E-state index is 0.619. The Hall–Kier alpha value is -0.410. The smallest absolute Gasteiger partial charge is 0.0897 e. The molecule has 0 aromatic carbocycles. The molecule has 0 spiro atoms. The molecule has 1 heterocycles. The molecule has 17 heavy (non-hydrogen) atoms. The van der Waals surface area contributed by atoms with Gasteiger partial charge in [0.25, 0.3) is 0 Å². The van der Waals surface area contributed by atoms with Gasteiger partial charge in [-0.05, 0) is 38.6 Å². The number of aryl methyl sites for hydroxylation is 1. The molecule has 96 valence electrons. The van der Waals surface area contributed by atoms with Gasteiger partial charge in [0.15, 0.2) is 0 Å². The van der Waals surface area contributed by atoms with Crippen molar-refractivity contribution in [2.24, 2.45) is 11.8 Å². The minimum absolute atomic E-state index is 0.619. The fraction of sp³-hybridized carbons (Fsp3) is 0.786. The zero-order valence-electron chi connectivity index (χ0n) is 11.2. The third-order valence-corrected chi connectivity index (χ3v) is 5.02. The summed E-state index contributed by atoms with van der Waals surface area (Å²) in [6.07, 6.45) is 6.68. The maximum atomic E-state index is 4.59. The van der Waals surface area contributed by atoms with Gasteiger partial charge in [0.1, 0.15) is 0 Å². The first kappa shape index (κ1) is 13.0. The van der Waals surface area contributed by atoms with E-state index < -0.39 is 0 Å². The molecule has 1 aromatic heterocycles. The van der Waals surface area contributed by atoms with Crippen LogP contribution in [0.3, 0.4) is 0 Å². The highest BCUT2D eigenvalue weighted by Crippen LogP contribution is 2.35. The van der Waals surface area contributed by atoms with E-state index >= 15 is 0 Å². The van der Waals surface area contributed by atoms with E-state index in [1.165, 1.54) is 36.4 Å². The fourth-order valence-electron chi connectivity index (χ4n) is 3.08. The van der Waals surface area contributed by atoms with Crippen molar-refractivity contribution < 1.29 is 0 Å². The number of aromatic nitrogens is 1. The van der Waals surface area contributed by atoms with E-state index in [0.29, 0.717) is 6.04 Å². The molecule has 1 aliphatic carbocycles.